The minimum Gasteiger partial charge on any atom is -0.506 e. The highest BCUT2D eigenvalue weighted by atomic mass is 19.2. The van der Waals surface area contributed by atoms with Crippen LogP contribution in [0.2, 0.25) is 0 Å². The van der Waals surface area contributed by atoms with E-state index < -0.39 is 57.6 Å². The Kier molecular flexibility index (Phi) is 6.83. The van der Waals surface area contributed by atoms with Gasteiger partial charge >= 0.3 is 0 Å². The Bertz CT molecular complexity index is 1480. The zero-order valence-corrected chi connectivity index (χ0v) is 20.4. The number of phenols is 4. The normalized spacial score (nSPS) is 10.9. The molecule has 0 aliphatic carbocycles. The van der Waals surface area contributed by atoms with E-state index in [-0.39, 0.29) is 22.7 Å². The Morgan fingerprint density at radius 1 is 0.350 bits per heavy atom. The van der Waals surface area contributed by atoms with E-state index in [1.54, 1.807) is 0 Å². The van der Waals surface area contributed by atoms with E-state index in [9.17, 15) is 20.4 Å². The van der Waals surface area contributed by atoms with Crippen molar-refractivity contribution in [3.63, 3.8) is 0 Å². The molecule has 0 saturated heterocycles. The molecule has 4 N–H and O–H groups in total. The first kappa shape index (κ1) is 26.2. The zero-order chi connectivity index (χ0) is 28.6. The number of aromatic hydroxyl groups is 4. The molecular weight excluding hydrogens is 528 g/mol. The van der Waals surface area contributed by atoms with Gasteiger partial charge in [0.05, 0.1) is 22.7 Å². The fourth-order valence-electron chi connectivity index (χ4n) is 4.36. The minimum absolute atomic E-state index is 0.286. The van der Waals surface area contributed by atoms with Crippen molar-refractivity contribution >= 4 is 34.1 Å². The van der Waals surface area contributed by atoms with Gasteiger partial charge in [-0.05, 0) is 48.5 Å². The van der Waals surface area contributed by atoms with Crippen LogP contribution < -0.4 is 9.80 Å². The highest BCUT2D eigenvalue weighted by Crippen LogP contribution is 2.50. The van der Waals surface area contributed by atoms with Crippen molar-refractivity contribution in [3.05, 3.63) is 120 Å². The van der Waals surface area contributed by atoms with Gasteiger partial charge in [-0.15, -0.1) is 0 Å². The number of hydrogen-bond acceptors (Lipinski definition) is 6. The maximum atomic E-state index is 16.0. The van der Waals surface area contributed by atoms with Gasteiger partial charge in [-0.3, -0.25) is 9.80 Å². The fourth-order valence-corrected chi connectivity index (χ4v) is 4.36. The van der Waals surface area contributed by atoms with Gasteiger partial charge in [-0.1, -0.05) is 48.5 Å². The lowest BCUT2D eigenvalue weighted by molar-refractivity contribution is 0.452. The lowest BCUT2D eigenvalue weighted by Gasteiger charge is -2.31. The molecule has 5 aromatic rings. The highest BCUT2D eigenvalue weighted by Gasteiger charge is 2.36. The van der Waals surface area contributed by atoms with Gasteiger partial charge in [0.25, 0.3) is 0 Å². The number of hydrogen-bond donors (Lipinski definition) is 4. The number of anilines is 6. The van der Waals surface area contributed by atoms with Crippen LogP contribution in [-0.2, 0) is 0 Å². The summed E-state index contributed by atoms with van der Waals surface area (Å²) in [5.41, 5.74) is -3.68. The summed E-state index contributed by atoms with van der Waals surface area (Å²) in [6.45, 7) is 0. The first-order valence-electron chi connectivity index (χ1n) is 11.8. The monoisotopic (exact) mass is 548 g/mol. The standard InChI is InChI=1S/C30H20F4N2O4/c31-25-27(33)30(36(19-11-3-7-15-23(19)39)20-12-4-8-16-24(20)40)28(34)26(32)29(25)35(17-9-1-5-13-21(17)37)18-10-2-6-14-22(18)38/h1-16,37-40H. The molecule has 202 valence electrons. The molecule has 0 unspecified atom stereocenters. The topological polar surface area (TPSA) is 87.4 Å². The SMILES string of the molecule is Oc1ccccc1N(c1ccccc1O)c1c(F)c(F)c(N(c2ccccc2O)c2ccccc2O)c(F)c1F. The molecule has 0 aromatic heterocycles. The van der Waals surface area contributed by atoms with Crippen molar-refractivity contribution < 1.29 is 38.0 Å². The van der Waals surface area contributed by atoms with Crippen LogP contribution in [-0.4, -0.2) is 20.4 Å². The summed E-state index contributed by atoms with van der Waals surface area (Å²) in [4.78, 5) is 1.30. The zero-order valence-electron chi connectivity index (χ0n) is 20.4. The largest absolute Gasteiger partial charge is 0.506 e. The second-order valence-electron chi connectivity index (χ2n) is 8.58. The number of benzene rings is 5. The van der Waals surface area contributed by atoms with Gasteiger partial charge in [0.2, 0.25) is 0 Å². The average molecular weight is 548 g/mol. The lowest BCUT2D eigenvalue weighted by Crippen LogP contribution is -2.20. The predicted octanol–water partition coefficient (Wildman–Crippen LogP) is 8.01. The van der Waals surface area contributed by atoms with Gasteiger partial charge in [0.1, 0.15) is 34.4 Å². The van der Waals surface area contributed by atoms with E-state index >= 15 is 17.6 Å². The third kappa shape index (κ3) is 4.35. The van der Waals surface area contributed by atoms with E-state index in [1.807, 2.05) is 0 Å². The molecule has 0 bridgehead atoms. The molecule has 40 heavy (non-hydrogen) atoms. The lowest BCUT2D eigenvalue weighted by atomic mass is 10.1. The molecular formula is C30H20F4N2O4. The smallest absolute Gasteiger partial charge is 0.188 e. The van der Waals surface area contributed by atoms with Crippen molar-refractivity contribution in [2.24, 2.45) is 0 Å². The molecule has 5 rings (SSSR count). The van der Waals surface area contributed by atoms with E-state index in [0.717, 1.165) is 0 Å². The highest BCUT2D eigenvalue weighted by molar-refractivity contribution is 5.87. The third-order valence-electron chi connectivity index (χ3n) is 6.15. The molecule has 0 aliphatic heterocycles. The molecule has 0 radical (unpaired) electrons. The second-order valence-corrected chi connectivity index (χ2v) is 8.58. The minimum atomic E-state index is -1.88. The molecule has 5 aromatic carbocycles. The van der Waals surface area contributed by atoms with Crippen LogP contribution in [0.15, 0.2) is 97.1 Å². The van der Waals surface area contributed by atoms with E-state index in [2.05, 4.69) is 0 Å². The van der Waals surface area contributed by atoms with Crippen LogP contribution in [0.25, 0.3) is 0 Å². The number of rotatable bonds is 6. The van der Waals surface area contributed by atoms with Crippen LogP contribution in [0, 0.1) is 23.3 Å². The molecule has 10 heteroatoms. The second kappa shape index (κ2) is 10.4. The average Bonchev–Trinajstić information content (AvgIpc) is 2.95. The molecule has 0 amide bonds. The summed E-state index contributed by atoms with van der Waals surface area (Å²) in [6, 6.07) is 21.1. The van der Waals surface area contributed by atoms with E-state index in [1.165, 1.54) is 97.1 Å². The van der Waals surface area contributed by atoms with Crippen molar-refractivity contribution in [2.75, 3.05) is 9.80 Å². The summed E-state index contributed by atoms with van der Waals surface area (Å²) in [7, 11) is 0. The third-order valence-corrected chi connectivity index (χ3v) is 6.15. The quantitative estimate of drug-likeness (QED) is 0.127. The number of para-hydroxylation sites is 8. The summed E-state index contributed by atoms with van der Waals surface area (Å²) >= 11 is 0. The maximum absolute atomic E-state index is 16.0. The van der Waals surface area contributed by atoms with Crippen LogP contribution in [0.3, 0.4) is 0 Å². The van der Waals surface area contributed by atoms with E-state index in [4.69, 9.17) is 0 Å². The predicted molar refractivity (Wildman–Crippen MR) is 142 cm³/mol. The summed E-state index contributed by atoms with van der Waals surface area (Å²) in [5, 5.41) is 42.0. The Morgan fingerprint density at radius 3 is 0.750 bits per heavy atom. The number of halogens is 4. The van der Waals surface area contributed by atoms with Crippen molar-refractivity contribution in [3.8, 4) is 23.0 Å². The molecule has 0 saturated carbocycles. The van der Waals surface area contributed by atoms with Gasteiger partial charge < -0.3 is 20.4 Å². The van der Waals surface area contributed by atoms with Crippen LogP contribution in [0.1, 0.15) is 0 Å². The molecule has 0 fully saturated rings. The van der Waals surface area contributed by atoms with Crippen LogP contribution >= 0.6 is 0 Å². The molecule has 0 heterocycles. The summed E-state index contributed by atoms with van der Waals surface area (Å²) < 4.78 is 64.2. The first-order valence-corrected chi connectivity index (χ1v) is 11.8. The summed E-state index contributed by atoms with van der Waals surface area (Å²) in [6.07, 6.45) is 0. The van der Waals surface area contributed by atoms with Gasteiger partial charge in [0, 0.05) is 0 Å². The van der Waals surface area contributed by atoms with Gasteiger partial charge in [-0.25, -0.2) is 17.6 Å². The van der Waals surface area contributed by atoms with Crippen molar-refractivity contribution in [1.29, 1.82) is 0 Å². The molecule has 0 spiro atoms. The fraction of sp³-hybridized carbons (Fsp3) is 0. The molecule has 6 nitrogen and oxygen atoms in total. The number of nitrogens with zero attached hydrogens (tertiary/aromatic N) is 2. The summed E-state index contributed by atoms with van der Waals surface area (Å²) in [5.74, 6) is -9.52. The van der Waals surface area contributed by atoms with Crippen molar-refractivity contribution in [1.82, 2.24) is 0 Å². The van der Waals surface area contributed by atoms with Crippen molar-refractivity contribution in [2.45, 2.75) is 0 Å². The molecule has 0 aliphatic rings. The van der Waals surface area contributed by atoms with Crippen LogP contribution in [0.4, 0.5) is 51.7 Å². The Balaban J connectivity index is 1.84. The molecule has 0 atom stereocenters. The van der Waals surface area contributed by atoms with Gasteiger partial charge in [-0.2, -0.15) is 0 Å². The Morgan fingerprint density at radius 2 is 0.550 bits per heavy atom. The Hall–Kier alpha value is -5.38. The van der Waals surface area contributed by atoms with Crippen LogP contribution in [0.5, 0.6) is 23.0 Å². The maximum Gasteiger partial charge on any atom is 0.188 e. The number of phenolic OH excluding ortho intramolecular Hbond substituents is 4. The Labute approximate surface area is 225 Å². The van der Waals surface area contributed by atoms with E-state index in [0.29, 0.717) is 9.80 Å². The van der Waals surface area contributed by atoms with Gasteiger partial charge in [0.15, 0.2) is 23.3 Å². The first-order chi connectivity index (χ1) is 19.2.